The Hall–Kier alpha value is -0.440. The summed E-state index contributed by atoms with van der Waals surface area (Å²) >= 11 is 0. The molecule has 0 saturated carbocycles. The second-order valence-corrected chi connectivity index (χ2v) is 0.700. The van der Waals surface area contributed by atoms with Crippen molar-refractivity contribution in [1.82, 2.24) is 0 Å². The normalized spacial score (nSPS) is 12.2. The predicted molar refractivity (Wildman–Crippen MR) is 15.9 cm³/mol. The molecule has 0 aliphatic rings. The lowest BCUT2D eigenvalue weighted by atomic mass is 10.6. The molecule has 0 fully saturated rings. The van der Waals surface area contributed by atoms with Gasteiger partial charge in [0.2, 0.25) is 0 Å². The zero-order chi connectivity index (χ0) is 4.99. The lowest BCUT2D eigenvalue weighted by Crippen LogP contribution is -1.74. The lowest BCUT2D eigenvalue weighted by molar-refractivity contribution is 0.199. The standard InChI is InChI=1S/C3H3F2O/c4-1-3(5)2-6/h1H,2H2/b3-1-. The molecule has 6 heavy (non-hydrogen) atoms. The van der Waals surface area contributed by atoms with Gasteiger partial charge < -0.3 is 0 Å². The van der Waals surface area contributed by atoms with Crippen molar-refractivity contribution < 1.29 is 13.9 Å². The van der Waals surface area contributed by atoms with Gasteiger partial charge in [0.05, 0.1) is 0 Å². The maximum absolute atomic E-state index is 11.0. The van der Waals surface area contributed by atoms with Crippen LogP contribution in [0, 0.1) is 0 Å². The average molecular weight is 93.1 g/mol. The second kappa shape index (κ2) is 2.78. The van der Waals surface area contributed by atoms with E-state index in [0.29, 0.717) is 0 Å². The fourth-order valence-electron chi connectivity index (χ4n) is 0.0315. The Morgan fingerprint density at radius 2 is 2.33 bits per heavy atom. The third-order valence-electron chi connectivity index (χ3n) is 0.256. The van der Waals surface area contributed by atoms with Crippen LogP contribution in [0.1, 0.15) is 0 Å². The third kappa shape index (κ3) is 1.84. The summed E-state index contributed by atoms with van der Waals surface area (Å²) in [6.07, 6.45) is -0.340. The first-order valence-corrected chi connectivity index (χ1v) is 1.34. The van der Waals surface area contributed by atoms with E-state index in [-0.39, 0.29) is 6.33 Å². The smallest absolute Gasteiger partial charge is 0.157 e. The molecule has 0 bridgehead atoms. The van der Waals surface area contributed by atoms with E-state index < -0.39 is 12.4 Å². The molecule has 35 valence electrons. The van der Waals surface area contributed by atoms with Gasteiger partial charge in [0.25, 0.3) is 0 Å². The van der Waals surface area contributed by atoms with Crippen molar-refractivity contribution in [3.05, 3.63) is 12.2 Å². The number of halogens is 2. The van der Waals surface area contributed by atoms with E-state index in [9.17, 15) is 13.9 Å². The van der Waals surface area contributed by atoms with Crippen molar-refractivity contribution in [1.29, 1.82) is 0 Å². The molecule has 0 spiro atoms. The van der Waals surface area contributed by atoms with Crippen molar-refractivity contribution in [3.63, 3.8) is 0 Å². The molecule has 0 aliphatic carbocycles. The van der Waals surface area contributed by atoms with E-state index in [4.69, 9.17) is 0 Å². The first kappa shape index (κ1) is 5.56. The highest BCUT2D eigenvalue weighted by Gasteiger charge is 1.85. The first-order valence-electron chi connectivity index (χ1n) is 1.34. The molecule has 0 unspecified atom stereocenters. The third-order valence-corrected chi connectivity index (χ3v) is 0.256. The molecule has 0 saturated heterocycles. The zero-order valence-corrected chi connectivity index (χ0v) is 2.95. The second-order valence-electron chi connectivity index (χ2n) is 0.700. The van der Waals surface area contributed by atoms with Gasteiger partial charge in [0.15, 0.2) is 5.83 Å². The van der Waals surface area contributed by atoms with Crippen LogP contribution in [0.3, 0.4) is 0 Å². The number of rotatable bonds is 1. The molecule has 0 amide bonds. The summed E-state index contributed by atoms with van der Waals surface area (Å²) < 4.78 is 21.7. The highest BCUT2D eigenvalue weighted by atomic mass is 19.2. The van der Waals surface area contributed by atoms with Gasteiger partial charge in [-0.1, -0.05) is 0 Å². The van der Waals surface area contributed by atoms with Crippen molar-refractivity contribution in [2.24, 2.45) is 0 Å². The Kier molecular flexibility index (Phi) is 2.58. The van der Waals surface area contributed by atoms with E-state index >= 15 is 0 Å². The fraction of sp³-hybridized carbons (Fsp3) is 0.333. The molecule has 0 heterocycles. The van der Waals surface area contributed by atoms with Gasteiger partial charge in [0, 0.05) is 0 Å². The van der Waals surface area contributed by atoms with E-state index in [1.165, 1.54) is 0 Å². The average Bonchev–Trinajstić information content (AvgIpc) is 1.65. The summed E-state index contributed by atoms with van der Waals surface area (Å²) in [7, 11) is 0. The van der Waals surface area contributed by atoms with Crippen LogP contribution in [0.25, 0.3) is 0 Å². The summed E-state index contributed by atoms with van der Waals surface area (Å²) in [4.78, 5) is 0. The lowest BCUT2D eigenvalue weighted by Gasteiger charge is -1.74. The highest BCUT2D eigenvalue weighted by Crippen LogP contribution is 1.91. The van der Waals surface area contributed by atoms with Crippen LogP contribution in [0.5, 0.6) is 0 Å². The monoisotopic (exact) mass is 93.0 g/mol. The quantitative estimate of drug-likeness (QED) is 0.464. The Balaban J connectivity index is 3.22. The molecular weight excluding hydrogens is 90.0 g/mol. The molecular formula is C3H3F2O. The summed E-state index contributed by atoms with van der Waals surface area (Å²) in [5, 5.41) is 9.18. The van der Waals surface area contributed by atoms with Crippen LogP contribution < -0.4 is 0 Å². The van der Waals surface area contributed by atoms with Crippen molar-refractivity contribution in [2.45, 2.75) is 0 Å². The van der Waals surface area contributed by atoms with Gasteiger partial charge in [0.1, 0.15) is 12.9 Å². The fourth-order valence-corrected chi connectivity index (χ4v) is 0.0315. The van der Waals surface area contributed by atoms with Crippen molar-refractivity contribution >= 4 is 0 Å². The molecule has 0 aromatic rings. The summed E-state index contributed by atoms with van der Waals surface area (Å²) in [6.45, 7) is -1.10. The zero-order valence-electron chi connectivity index (χ0n) is 2.95. The van der Waals surface area contributed by atoms with Crippen LogP contribution in [0.2, 0.25) is 0 Å². The Bertz CT molecular complexity index is 59.8. The van der Waals surface area contributed by atoms with Crippen LogP contribution in [0.4, 0.5) is 8.78 Å². The SMILES string of the molecule is [O]C/C(F)=C/F. The number of hydrogen-bond acceptors (Lipinski definition) is 0. The Morgan fingerprint density at radius 3 is 2.33 bits per heavy atom. The van der Waals surface area contributed by atoms with E-state index in [0.717, 1.165) is 0 Å². The van der Waals surface area contributed by atoms with Gasteiger partial charge in [-0.05, 0) is 0 Å². The van der Waals surface area contributed by atoms with Gasteiger partial charge >= 0.3 is 0 Å². The summed E-state index contributed by atoms with van der Waals surface area (Å²) in [5.41, 5.74) is 0. The van der Waals surface area contributed by atoms with Crippen LogP contribution in [-0.4, -0.2) is 6.61 Å². The van der Waals surface area contributed by atoms with E-state index in [1.807, 2.05) is 0 Å². The first-order chi connectivity index (χ1) is 2.81. The molecule has 3 heteroatoms. The van der Waals surface area contributed by atoms with Crippen molar-refractivity contribution in [3.8, 4) is 0 Å². The molecule has 1 radical (unpaired) electrons. The highest BCUT2D eigenvalue weighted by molar-refractivity contribution is 4.82. The maximum Gasteiger partial charge on any atom is 0.157 e. The predicted octanol–water partition coefficient (Wildman–Crippen LogP) is 1.20. The van der Waals surface area contributed by atoms with Crippen LogP contribution in [0.15, 0.2) is 12.2 Å². The number of hydrogen-bond donors (Lipinski definition) is 0. The van der Waals surface area contributed by atoms with Gasteiger partial charge in [-0.25, -0.2) is 13.9 Å². The maximum atomic E-state index is 11.0. The molecule has 0 rings (SSSR count). The molecule has 0 atom stereocenters. The van der Waals surface area contributed by atoms with Crippen molar-refractivity contribution in [2.75, 3.05) is 6.61 Å². The van der Waals surface area contributed by atoms with Crippen LogP contribution in [-0.2, 0) is 5.11 Å². The summed E-state index contributed by atoms with van der Waals surface area (Å²) in [5.74, 6) is -1.25. The molecule has 0 aromatic carbocycles. The molecule has 0 aliphatic heterocycles. The summed E-state index contributed by atoms with van der Waals surface area (Å²) in [6, 6.07) is 0. The van der Waals surface area contributed by atoms with Gasteiger partial charge in [-0.15, -0.1) is 0 Å². The minimum atomic E-state index is -1.25. The minimum Gasteiger partial charge on any atom is -0.229 e. The molecule has 0 aromatic heterocycles. The molecule has 0 N–H and O–H groups in total. The molecule has 1 nitrogen and oxygen atoms in total. The van der Waals surface area contributed by atoms with Gasteiger partial charge in [-0.3, -0.25) is 0 Å². The van der Waals surface area contributed by atoms with Crippen LogP contribution >= 0.6 is 0 Å². The minimum absolute atomic E-state index is 0.340. The van der Waals surface area contributed by atoms with E-state index in [2.05, 4.69) is 0 Å². The van der Waals surface area contributed by atoms with Gasteiger partial charge in [-0.2, -0.15) is 0 Å². The van der Waals surface area contributed by atoms with E-state index in [1.54, 1.807) is 0 Å². The topological polar surface area (TPSA) is 19.9 Å². The largest absolute Gasteiger partial charge is 0.229 e. The Morgan fingerprint density at radius 1 is 1.83 bits per heavy atom. The Labute approximate surface area is 33.9 Å².